The fourth-order valence-corrected chi connectivity index (χ4v) is 5.62. The number of furan rings is 1. The van der Waals surface area contributed by atoms with Crippen molar-refractivity contribution in [2.45, 2.75) is 25.4 Å². The van der Waals surface area contributed by atoms with E-state index in [0.29, 0.717) is 36.8 Å². The van der Waals surface area contributed by atoms with Crippen LogP contribution in [0.2, 0.25) is 0 Å². The zero-order valence-electron chi connectivity index (χ0n) is 20.8. The Labute approximate surface area is 219 Å². The van der Waals surface area contributed by atoms with E-state index < -0.39 is 0 Å². The Balaban J connectivity index is 1.29. The summed E-state index contributed by atoms with van der Waals surface area (Å²) >= 11 is 0. The third-order valence-electron chi connectivity index (χ3n) is 7.37. The van der Waals surface area contributed by atoms with Gasteiger partial charge >= 0.3 is 0 Å². The standard InChI is InChI=1S/C30H28N4O4/c35-28-10-4-8-25-23-14-21(18-34(25)28)17-33(19-23)26-12-11-22(29(36)31-16-20-6-2-1-3-7-20)15-24(26)32-30(37)27-9-5-13-38-27/h1-13,15,21,23H,14,16-19H2,(H,31,36)(H,32,37). The molecule has 1 saturated heterocycles. The van der Waals surface area contributed by atoms with Crippen molar-refractivity contribution in [3.05, 3.63) is 118 Å². The van der Waals surface area contributed by atoms with Crippen molar-refractivity contribution >= 4 is 23.2 Å². The van der Waals surface area contributed by atoms with Crippen LogP contribution in [0.25, 0.3) is 0 Å². The van der Waals surface area contributed by atoms with Gasteiger partial charge < -0.3 is 24.5 Å². The maximum Gasteiger partial charge on any atom is 0.291 e. The molecule has 4 aromatic rings. The molecule has 2 bridgehead atoms. The number of rotatable bonds is 6. The Morgan fingerprint density at radius 1 is 0.895 bits per heavy atom. The molecule has 2 aromatic carbocycles. The molecule has 0 aliphatic carbocycles. The van der Waals surface area contributed by atoms with Crippen molar-refractivity contribution in [1.82, 2.24) is 9.88 Å². The summed E-state index contributed by atoms with van der Waals surface area (Å²) in [6, 6.07) is 23.9. The third kappa shape index (κ3) is 4.72. The molecule has 2 N–H and O–H groups in total. The van der Waals surface area contributed by atoms with Crippen LogP contribution < -0.4 is 21.1 Å². The molecule has 38 heavy (non-hydrogen) atoms. The Hall–Kier alpha value is -4.59. The monoisotopic (exact) mass is 508 g/mol. The van der Waals surface area contributed by atoms with Crippen molar-refractivity contribution in [2.75, 3.05) is 23.3 Å². The number of carbonyl (C=O) groups is 2. The summed E-state index contributed by atoms with van der Waals surface area (Å²) in [6.07, 6.45) is 2.47. The Bertz CT molecular complexity index is 1530. The van der Waals surface area contributed by atoms with E-state index in [4.69, 9.17) is 4.42 Å². The molecule has 192 valence electrons. The first kappa shape index (κ1) is 23.8. The van der Waals surface area contributed by atoms with E-state index in [1.165, 1.54) is 6.26 Å². The number of benzene rings is 2. The van der Waals surface area contributed by atoms with Gasteiger partial charge in [-0.25, -0.2) is 0 Å². The van der Waals surface area contributed by atoms with Gasteiger partial charge in [0, 0.05) is 49.4 Å². The number of fused-ring (bicyclic) bond motifs is 4. The van der Waals surface area contributed by atoms with Gasteiger partial charge in [-0.05, 0) is 54.3 Å². The quantitative estimate of drug-likeness (QED) is 0.406. The van der Waals surface area contributed by atoms with Gasteiger partial charge in [-0.2, -0.15) is 0 Å². The SMILES string of the molecule is O=C(NCc1ccccc1)c1ccc(N2CC3CC(C2)c2cccc(=O)n2C3)c(NC(=O)c2ccco2)c1. The summed E-state index contributed by atoms with van der Waals surface area (Å²) in [5.41, 5.74) is 3.94. The summed E-state index contributed by atoms with van der Waals surface area (Å²) in [5.74, 6) is 0.103. The number of hydrogen-bond donors (Lipinski definition) is 2. The molecule has 2 aromatic heterocycles. The fraction of sp³-hybridized carbons (Fsp3) is 0.233. The van der Waals surface area contributed by atoms with Crippen molar-refractivity contribution < 1.29 is 14.0 Å². The first-order valence-corrected chi connectivity index (χ1v) is 12.8. The highest BCUT2D eigenvalue weighted by Crippen LogP contribution is 2.39. The second kappa shape index (κ2) is 10.0. The van der Waals surface area contributed by atoms with Crippen LogP contribution in [-0.2, 0) is 13.1 Å². The van der Waals surface area contributed by atoms with Crippen LogP contribution in [0, 0.1) is 5.92 Å². The van der Waals surface area contributed by atoms with Crippen LogP contribution >= 0.6 is 0 Å². The molecule has 4 heterocycles. The smallest absolute Gasteiger partial charge is 0.291 e. The molecular weight excluding hydrogens is 480 g/mol. The molecular formula is C30H28N4O4. The van der Waals surface area contributed by atoms with Crippen LogP contribution in [0.4, 0.5) is 11.4 Å². The highest BCUT2D eigenvalue weighted by Gasteiger charge is 2.35. The minimum Gasteiger partial charge on any atom is -0.459 e. The number of pyridine rings is 1. The topological polar surface area (TPSA) is 96.6 Å². The van der Waals surface area contributed by atoms with Gasteiger partial charge in [-0.3, -0.25) is 14.4 Å². The first-order chi connectivity index (χ1) is 18.5. The predicted molar refractivity (Wildman–Crippen MR) is 144 cm³/mol. The minimum absolute atomic E-state index is 0.0444. The molecule has 2 atom stereocenters. The fourth-order valence-electron chi connectivity index (χ4n) is 5.62. The first-order valence-electron chi connectivity index (χ1n) is 12.8. The van der Waals surface area contributed by atoms with Crippen molar-refractivity contribution in [3.63, 3.8) is 0 Å². The molecule has 1 fully saturated rings. The lowest BCUT2D eigenvalue weighted by Gasteiger charge is -2.44. The van der Waals surface area contributed by atoms with E-state index in [2.05, 4.69) is 15.5 Å². The highest BCUT2D eigenvalue weighted by molar-refractivity contribution is 6.05. The number of aromatic nitrogens is 1. The van der Waals surface area contributed by atoms with Gasteiger partial charge in [-0.15, -0.1) is 0 Å². The van der Waals surface area contributed by atoms with Crippen LogP contribution in [0.5, 0.6) is 0 Å². The number of hydrogen-bond acceptors (Lipinski definition) is 5. The number of carbonyl (C=O) groups excluding carboxylic acids is 2. The molecule has 0 radical (unpaired) electrons. The third-order valence-corrected chi connectivity index (χ3v) is 7.37. The number of piperidine rings is 1. The molecule has 2 amide bonds. The van der Waals surface area contributed by atoms with Gasteiger partial charge in [0.15, 0.2) is 5.76 Å². The summed E-state index contributed by atoms with van der Waals surface area (Å²) in [5, 5.41) is 5.92. The van der Waals surface area contributed by atoms with Gasteiger partial charge in [0.1, 0.15) is 0 Å². The molecule has 8 nitrogen and oxygen atoms in total. The van der Waals surface area contributed by atoms with E-state index in [1.54, 1.807) is 30.3 Å². The van der Waals surface area contributed by atoms with Crippen molar-refractivity contribution in [2.24, 2.45) is 5.92 Å². The van der Waals surface area contributed by atoms with Gasteiger partial charge in [-0.1, -0.05) is 36.4 Å². The van der Waals surface area contributed by atoms with Crippen LogP contribution in [0.3, 0.4) is 0 Å². The lowest BCUT2D eigenvalue weighted by atomic mass is 9.83. The van der Waals surface area contributed by atoms with Gasteiger partial charge in [0.05, 0.1) is 17.6 Å². The highest BCUT2D eigenvalue weighted by atomic mass is 16.3. The van der Waals surface area contributed by atoms with Crippen LogP contribution in [0.1, 0.15) is 44.5 Å². The van der Waals surface area contributed by atoms with Crippen molar-refractivity contribution in [3.8, 4) is 0 Å². The average Bonchev–Trinajstić information content (AvgIpc) is 3.48. The van der Waals surface area contributed by atoms with Crippen LogP contribution in [-0.4, -0.2) is 29.5 Å². The zero-order chi connectivity index (χ0) is 26.1. The van der Waals surface area contributed by atoms with Crippen molar-refractivity contribution in [1.29, 1.82) is 0 Å². The maximum atomic E-state index is 13.0. The Morgan fingerprint density at radius 3 is 2.58 bits per heavy atom. The number of nitrogens with zero attached hydrogens (tertiary/aromatic N) is 2. The normalized spacial score (nSPS) is 17.9. The molecule has 2 aliphatic rings. The number of amides is 2. The van der Waals surface area contributed by atoms with E-state index in [9.17, 15) is 14.4 Å². The predicted octanol–water partition coefficient (Wildman–Crippen LogP) is 4.25. The molecule has 2 aliphatic heterocycles. The summed E-state index contributed by atoms with van der Waals surface area (Å²) in [4.78, 5) is 40.6. The molecule has 0 spiro atoms. The molecule has 2 unspecified atom stereocenters. The lowest BCUT2D eigenvalue weighted by Crippen LogP contribution is -2.47. The Morgan fingerprint density at radius 2 is 1.76 bits per heavy atom. The summed E-state index contributed by atoms with van der Waals surface area (Å²) in [6.45, 7) is 2.55. The maximum absolute atomic E-state index is 13.0. The number of anilines is 2. The van der Waals surface area contributed by atoms with E-state index >= 15 is 0 Å². The summed E-state index contributed by atoms with van der Waals surface area (Å²) < 4.78 is 7.19. The minimum atomic E-state index is -0.382. The molecule has 6 rings (SSSR count). The second-order valence-electron chi connectivity index (χ2n) is 9.93. The largest absolute Gasteiger partial charge is 0.459 e. The zero-order valence-corrected chi connectivity index (χ0v) is 20.8. The lowest BCUT2D eigenvalue weighted by molar-refractivity contribution is 0.0949. The van der Waals surface area contributed by atoms with E-state index in [1.807, 2.05) is 53.1 Å². The molecule has 8 heteroatoms. The average molecular weight is 509 g/mol. The van der Waals surface area contributed by atoms with Gasteiger partial charge in [0.2, 0.25) is 0 Å². The van der Waals surface area contributed by atoms with Crippen LogP contribution in [0.15, 0.2) is 94.3 Å². The number of nitrogens with one attached hydrogen (secondary N) is 2. The van der Waals surface area contributed by atoms with E-state index in [-0.39, 0.29) is 29.1 Å². The summed E-state index contributed by atoms with van der Waals surface area (Å²) in [7, 11) is 0. The van der Waals surface area contributed by atoms with E-state index in [0.717, 1.165) is 29.9 Å². The second-order valence-corrected chi connectivity index (χ2v) is 9.93. The molecule has 0 saturated carbocycles. The van der Waals surface area contributed by atoms with Gasteiger partial charge in [0.25, 0.3) is 17.4 Å². The Kier molecular flexibility index (Phi) is 6.29.